The summed E-state index contributed by atoms with van der Waals surface area (Å²) in [4.78, 5) is 30.8. The molecule has 1 aromatic carbocycles. The van der Waals surface area contributed by atoms with Gasteiger partial charge in [0, 0.05) is 43.4 Å². The van der Waals surface area contributed by atoms with E-state index in [1.54, 1.807) is 17.0 Å². The van der Waals surface area contributed by atoms with Gasteiger partial charge in [-0.2, -0.15) is 0 Å². The molecule has 3 rings (SSSR count). The van der Waals surface area contributed by atoms with Crippen LogP contribution < -0.4 is 5.56 Å². The highest BCUT2D eigenvalue weighted by atomic mass is 35.5. The molecule has 126 valence electrons. The van der Waals surface area contributed by atoms with Crippen molar-refractivity contribution in [2.24, 2.45) is 0 Å². The van der Waals surface area contributed by atoms with Gasteiger partial charge < -0.3 is 9.88 Å². The molecule has 0 saturated carbocycles. The lowest BCUT2D eigenvalue weighted by atomic mass is 10.1. The van der Waals surface area contributed by atoms with Crippen molar-refractivity contribution in [1.82, 2.24) is 14.8 Å². The van der Waals surface area contributed by atoms with Gasteiger partial charge in [-0.1, -0.05) is 29.8 Å². The van der Waals surface area contributed by atoms with Gasteiger partial charge in [0.1, 0.15) is 5.56 Å². The molecule has 0 radical (unpaired) electrons. The Labute approximate surface area is 145 Å². The molecule has 0 bridgehead atoms. The van der Waals surface area contributed by atoms with Gasteiger partial charge in [0.25, 0.3) is 11.5 Å². The second-order valence-electron chi connectivity index (χ2n) is 5.94. The van der Waals surface area contributed by atoms with Crippen molar-refractivity contribution >= 4 is 17.5 Å². The quantitative estimate of drug-likeness (QED) is 0.930. The lowest BCUT2D eigenvalue weighted by Crippen LogP contribution is -2.50. The number of amides is 1. The van der Waals surface area contributed by atoms with Crippen molar-refractivity contribution in [3.8, 4) is 0 Å². The van der Waals surface area contributed by atoms with Crippen LogP contribution in [-0.2, 0) is 0 Å². The van der Waals surface area contributed by atoms with Gasteiger partial charge in [0.15, 0.2) is 0 Å². The molecule has 1 unspecified atom stereocenters. The van der Waals surface area contributed by atoms with E-state index in [0.29, 0.717) is 13.1 Å². The van der Waals surface area contributed by atoms with Gasteiger partial charge >= 0.3 is 0 Å². The minimum Gasteiger partial charge on any atom is -0.336 e. The molecule has 0 spiro atoms. The van der Waals surface area contributed by atoms with E-state index in [1.165, 1.54) is 6.20 Å². The molecule has 24 heavy (non-hydrogen) atoms. The smallest absolute Gasteiger partial charge is 0.260 e. The summed E-state index contributed by atoms with van der Waals surface area (Å²) >= 11 is 6.29. The molecule has 0 aliphatic carbocycles. The van der Waals surface area contributed by atoms with E-state index in [9.17, 15) is 9.59 Å². The first kappa shape index (κ1) is 16.7. The summed E-state index contributed by atoms with van der Waals surface area (Å²) in [5, 5.41) is 0.763. The first-order valence-corrected chi connectivity index (χ1v) is 8.41. The van der Waals surface area contributed by atoms with E-state index in [0.717, 1.165) is 23.7 Å². The fraction of sp³-hybridized carbons (Fsp3) is 0.333. The standard InChI is InChI=1S/C18H20ClN3O2/c1-13(14-5-2-3-7-16(14)19)21-9-11-22(12-10-21)18(24)15-6-4-8-20-17(15)23/h2-8,13H,9-12H2,1H3,(H,20,23). The maximum absolute atomic E-state index is 12.5. The molecule has 1 N–H and O–H groups in total. The number of H-pyrrole nitrogens is 1. The summed E-state index contributed by atoms with van der Waals surface area (Å²) < 4.78 is 0. The number of carbonyl (C=O) groups is 1. The second kappa shape index (κ2) is 7.20. The van der Waals surface area contributed by atoms with Crippen LogP contribution in [0.4, 0.5) is 0 Å². The lowest BCUT2D eigenvalue weighted by molar-refractivity contribution is 0.0580. The third-order valence-electron chi connectivity index (χ3n) is 4.55. The summed E-state index contributed by atoms with van der Waals surface area (Å²) in [6.45, 7) is 4.83. The maximum Gasteiger partial charge on any atom is 0.260 e. The number of aromatic nitrogens is 1. The van der Waals surface area contributed by atoms with Crippen LogP contribution in [0.3, 0.4) is 0 Å². The third-order valence-corrected chi connectivity index (χ3v) is 4.90. The summed E-state index contributed by atoms with van der Waals surface area (Å²) in [6.07, 6.45) is 1.53. The van der Waals surface area contributed by atoms with Crippen LogP contribution in [0.5, 0.6) is 0 Å². The van der Waals surface area contributed by atoms with Gasteiger partial charge in [-0.3, -0.25) is 14.5 Å². The van der Waals surface area contributed by atoms with Gasteiger partial charge in [0.2, 0.25) is 0 Å². The molecule has 5 nitrogen and oxygen atoms in total. The number of piperazine rings is 1. The fourth-order valence-electron chi connectivity index (χ4n) is 3.08. The summed E-state index contributed by atoms with van der Waals surface area (Å²) in [7, 11) is 0. The molecule has 1 saturated heterocycles. The Hall–Kier alpha value is -2.11. The van der Waals surface area contributed by atoms with Gasteiger partial charge in [-0.25, -0.2) is 0 Å². The Kier molecular flexibility index (Phi) is 5.02. The predicted molar refractivity (Wildman–Crippen MR) is 94.4 cm³/mol. The van der Waals surface area contributed by atoms with Crippen LogP contribution in [0.2, 0.25) is 5.02 Å². The SMILES string of the molecule is CC(c1ccccc1Cl)N1CCN(C(=O)c2ccc[nH]c2=O)CC1. The molecule has 6 heteroatoms. The fourth-order valence-corrected chi connectivity index (χ4v) is 3.38. The first-order valence-electron chi connectivity index (χ1n) is 8.03. The zero-order valence-electron chi connectivity index (χ0n) is 13.5. The number of benzene rings is 1. The minimum absolute atomic E-state index is 0.191. The highest BCUT2D eigenvalue weighted by Gasteiger charge is 2.27. The third kappa shape index (κ3) is 3.37. The van der Waals surface area contributed by atoms with Crippen molar-refractivity contribution in [3.05, 3.63) is 69.1 Å². The van der Waals surface area contributed by atoms with Crippen molar-refractivity contribution in [2.75, 3.05) is 26.2 Å². The number of halogens is 1. The summed E-state index contributed by atoms with van der Waals surface area (Å²) in [6, 6.07) is 11.3. The Balaban J connectivity index is 1.66. The van der Waals surface area contributed by atoms with E-state index in [-0.39, 0.29) is 23.1 Å². The number of aromatic amines is 1. The molecule has 2 heterocycles. The monoisotopic (exact) mass is 345 g/mol. The number of pyridine rings is 1. The maximum atomic E-state index is 12.5. The second-order valence-corrected chi connectivity index (χ2v) is 6.35. The van der Waals surface area contributed by atoms with Crippen molar-refractivity contribution in [3.63, 3.8) is 0 Å². The van der Waals surface area contributed by atoms with Crippen LogP contribution in [0.1, 0.15) is 28.9 Å². The van der Waals surface area contributed by atoms with Crippen LogP contribution in [0.15, 0.2) is 47.4 Å². The van der Waals surface area contributed by atoms with E-state index < -0.39 is 0 Å². The van der Waals surface area contributed by atoms with Crippen molar-refractivity contribution in [2.45, 2.75) is 13.0 Å². The van der Waals surface area contributed by atoms with E-state index in [1.807, 2.05) is 24.3 Å². The number of hydrogen-bond acceptors (Lipinski definition) is 3. The molecule has 1 aliphatic rings. The molecule has 1 aromatic heterocycles. The van der Waals surface area contributed by atoms with Gasteiger partial charge in [-0.15, -0.1) is 0 Å². The van der Waals surface area contributed by atoms with Crippen LogP contribution in [0, 0.1) is 0 Å². The van der Waals surface area contributed by atoms with Crippen LogP contribution in [0.25, 0.3) is 0 Å². The van der Waals surface area contributed by atoms with E-state index in [4.69, 9.17) is 11.6 Å². The first-order chi connectivity index (χ1) is 11.6. The average molecular weight is 346 g/mol. The van der Waals surface area contributed by atoms with Gasteiger partial charge in [0.05, 0.1) is 0 Å². The topological polar surface area (TPSA) is 56.4 Å². The number of nitrogens with one attached hydrogen (secondary N) is 1. The van der Waals surface area contributed by atoms with Crippen LogP contribution in [-0.4, -0.2) is 46.9 Å². The normalized spacial score (nSPS) is 16.8. The Morgan fingerprint density at radius 2 is 1.83 bits per heavy atom. The number of carbonyl (C=O) groups excluding carboxylic acids is 1. The minimum atomic E-state index is -0.339. The molecule has 1 amide bonds. The zero-order valence-corrected chi connectivity index (χ0v) is 14.3. The lowest BCUT2D eigenvalue weighted by Gasteiger charge is -2.38. The number of hydrogen-bond donors (Lipinski definition) is 1. The Morgan fingerprint density at radius 1 is 1.12 bits per heavy atom. The highest BCUT2D eigenvalue weighted by Crippen LogP contribution is 2.27. The van der Waals surface area contributed by atoms with Crippen molar-refractivity contribution < 1.29 is 4.79 Å². The van der Waals surface area contributed by atoms with Gasteiger partial charge in [-0.05, 0) is 30.7 Å². The van der Waals surface area contributed by atoms with E-state index in [2.05, 4.69) is 16.8 Å². The molecule has 1 aliphatic heterocycles. The predicted octanol–water partition coefficient (Wildman–Crippen LogP) is 2.55. The molecular weight excluding hydrogens is 326 g/mol. The summed E-state index contributed by atoms with van der Waals surface area (Å²) in [5.74, 6) is -0.207. The molecule has 1 atom stereocenters. The highest BCUT2D eigenvalue weighted by molar-refractivity contribution is 6.31. The Morgan fingerprint density at radius 3 is 2.50 bits per heavy atom. The Bertz CT molecular complexity index is 782. The number of rotatable bonds is 3. The van der Waals surface area contributed by atoms with E-state index >= 15 is 0 Å². The molecular formula is C18H20ClN3O2. The average Bonchev–Trinajstić information content (AvgIpc) is 2.61. The van der Waals surface area contributed by atoms with Crippen molar-refractivity contribution in [1.29, 1.82) is 0 Å². The number of nitrogens with zero attached hydrogens (tertiary/aromatic N) is 2. The summed E-state index contributed by atoms with van der Waals surface area (Å²) in [5.41, 5.74) is 0.956. The largest absolute Gasteiger partial charge is 0.336 e. The van der Waals surface area contributed by atoms with Crippen LogP contribution >= 0.6 is 11.6 Å². The molecule has 2 aromatic rings. The zero-order chi connectivity index (χ0) is 17.1. The molecule has 1 fully saturated rings.